The number of aliphatic imine (C=N–C) groups is 1. The van der Waals surface area contributed by atoms with Crippen molar-refractivity contribution in [1.82, 2.24) is 5.27 Å². The van der Waals surface area contributed by atoms with Crippen molar-refractivity contribution in [2.24, 2.45) is 4.99 Å². The standard InChI is InChI=1S/C13H14ClN3O2S/c1-9(2)17-7-13(19-16-17)15-12(18)8-20-11-5-3-10(14)4-6-11/h3-7,9H,8H2,1-2H3. The number of hydrogen-bond donors (Lipinski definition) is 0. The molecule has 0 aliphatic rings. The van der Waals surface area contributed by atoms with E-state index in [0.29, 0.717) is 5.02 Å². The molecule has 1 aromatic heterocycles. The third-order valence-corrected chi connectivity index (χ3v) is 3.66. The predicted octanol–water partition coefficient (Wildman–Crippen LogP) is 2.38. The van der Waals surface area contributed by atoms with Crippen LogP contribution >= 0.6 is 23.4 Å². The maximum absolute atomic E-state index is 11.7. The molecule has 0 amide bonds. The Labute approximate surface area is 126 Å². The zero-order valence-electron chi connectivity index (χ0n) is 11.1. The first-order valence-corrected chi connectivity index (χ1v) is 7.42. The molecule has 0 saturated heterocycles. The fourth-order valence-corrected chi connectivity index (χ4v) is 2.18. The quantitative estimate of drug-likeness (QED) is 0.368. The second kappa shape index (κ2) is 6.76. The minimum Gasteiger partial charge on any atom is -0.861 e. The average molecular weight is 312 g/mol. The third kappa shape index (κ3) is 4.25. The van der Waals surface area contributed by atoms with Gasteiger partial charge in [0.25, 0.3) is 6.20 Å². The summed E-state index contributed by atoms with van der Waals surface area (Å²) in [4.78, 5) is 4.82. The fourth-order valence-electron chi connectivity index (χ4n) is 1.37. The molecule has 1 heterocycles. The van der Waals surface area contributed by atoms with E-state index < -0.39 is 0 Å². The summed E-state index contributed by atoms with van der Waals surface area (Å²) in [6.07, 6.45) is 1.61. The zero-order chi connectivity index (χ0) is 14.5. The van der Waals surface area contributed by atoms with E-state index in [1.54, 1.807) is 23.0 Å². The van der Waals surface area contributed by atoms with Gasteiger partial charge in [0, 0.05) is 15.7 Å². The first kappa shape index (κ1) is 14.9. The van der Waals surface area contributed by atoms with E-state index in [9.17, 15) is 5.11 Å². The van der Waals surface area contributed by atoms with Crippen LogP contribution in [0.4, 0.5) is 5.88 Å². The molecule has 0 bridgehead atoms. The van der Waals surface area contributed by atoms with Gasteiger partial charge in [-0.15, -0.1) is 11.8 Å². The van der Waals surface area contributed by atoms with Gasteiger partial charge < -0.3 is 5.11 Å². The summed E-state index contributed by atoms with van der Waals surface area (Å²) in [5.74, 6) is 0.196. The van der Waals surface area contributed by atoms with Crippen molar-refractivity contribution in [3.05, 3.63) is 35.5 Å². The number of nitrogens with zero attached hydrogens (tertiary/aromatic N) is 3. The topological polar surface area (TPSA) is 65.3 Å². The van der Waals surface area contributed by atoms with Gasteiger partial charge in [-0.1, -0.05) is 11.6 Å². The Morgan fingerprint density at radius 3 is 2.75 bits per heavy atom. The van der Waals surface area contributed by atoms with Crippen LogP contribution in [0.25, 0.3) is 0 Å². The molecule has 0 radical (unpaired) electrons. The van der Waals surface area contributed by atoms with Crippen LogP contribution in [-0.2, 0) is 0 Å². The molecule has 0 spiro atoms. The summed E-state index contributed by atoms with van der Waals surface area (Å²) >= 11 is 7.19. The van der Waals surface area contributed by atoms with Gasteiger partial charge in [-0.3, -0.25) is 4.52 Å². The molecule has 0 unspecified atom stereocenters. The van der Waals surface area contributed by atoms with Crippen molar-refractivity contribution in [3.8, 4) is 0 Å². The fraction of sp³-hybridized carbons (Fsp3) is 0.308. The summed E-state index contributed by atoms with van der Waals surface area (Å²) in [5.41, 5.74) is 0. The smallest absolute Gasteiger partial charge is 0.320 e. The lowest BCUT2D eigenvalue weighted by atomic mass is 10.4. The van der Waals surface area contributed by atoms with Crippen LogP contribution in [0, 0.1) is 0 Å². The third-order valence-electron chi connectivity index (χ3n) is 2.41. The summed E-state index contributed by atoms with van der Waals surface area (Å²) in [7, 11) is 0. The minimum absolute atomic E-state index is 0.168. The Bertz CT molecular complexity index is 596. The number of rotatable bonds is 5. The molecule has 0 atom stereocenters. The van der Waals surface area contributed by atoms with Crippen LogP contribution in [0.3, 0.4) is 0 Å². The highest BCUT2D eigenvalue weighted by molar-refractivity contribution is 8.00. The van der Waals surface area contributed by atoms with Crippen molar-refractivity contribution >= 4 is 35.1 Å². The summed E-state index contributed by atoms with van der Waals surface area (Å²) in [5, 5.41) is 16.2. The first-order chi connectivity index (χ1) is 9.54. The molecule has 20 heavy (non-hydrogen) atoms. The van der Waals surface area contributed by atoms with Gasteiger partial charge in [-0.2, -0.15) is 0 Å². The van der Waals surface area contributed by atoms with Crippen molar-refractivity contribution in [2.75, 3.05) is 5.75 Å². The predicted molar refractivity (Wildman–Crippen MR) is 76.4 cm³/mol. The maximum atomic E-state index is 11.7. The lowest BCUT2D eigenvalue weighted by Gasteiger charge is -2.08. The van der Waals surface area contributed by atoms with E-state index in [1.807, 2.05) is 26.0 Å². The van der Waals surface area contributed by atoms with Crippen LogP contribution < -0.4 is 9.79 Å². The second-order valence-electron chi connectivity index (χ2n) is 4.36. The molecule has 1 aromatic carbocycles. The molecule has 0 fully saturated rings. The van der Waals surface area contributed by atoms with Gasteiger partial charge >= 0.3 is 5.88 Å². The Hall–Kier alpha value is -1.53. The molecule has 2 rings (SSSR count). The highest BCUT2D eigenvalue weighted by atomic mass is 35.5. The Balaban J connectivity index is 1.94. The molecule has 2 aromatic rings. The van der Waals surface area contributed by atoms with Crippen LogP contribution in [0.5, 0.6) is 0 Å². The molecular formula is C13H14ClN3O2S. The summed E-state index contributed by atoms with van der Waals surface area (Å²) < 4.78 is 6.57. The molecule has 0 saturated carbocycles. The van der Waals surface area contributed by atoms with Crippen LogP contribution in [0.1, 0.15) is 19.9 Å². The number of halogens is 1. The maximum Gasteiger partial charge on any atom is 0.320 e. The van der Waals surface area contributed by atoms with Crippen molar-refractivity contribution in [3.63, 3.8) is 0 Å². The molecule has 106 valence electrons. The van der Waals surface area contributed by atoms with Crippen molar-refractivity contribution in [2.45, 2.75) is 24.8 Å². The van der Waals surface area contributed by atoms with E-state index in [4.69, 9.17) is 16.1 Å². The number of benzene rings is 1. The number of aromatic nitrogens is 2. The summed E-state index contributed by atoms with van der Waals surface area (Å²) in [6.45, 7) is 3.93. The Morgan fingerprint density at radius 2 is 2.15 bits per heavy atom. The van der Waals surface area contributed by atoms with Gasteiger partial charge in [0.2, 0.25) is 5.27 Å². The van der Waals surface area contributed by atoms with Crippen molar-refractivity contribution in [1.29, 1.82) is 0 Å². The van der Waals surface area contributed by atoms with Gasteiger partial charge in [-0.05, 0) is 48.7 Å². The number of hydrogen-bond acceptors (Lipinski definition) is 5. The molecular weight excluding hydrogens is 298 g/mol. The van der Waals surface area contributed by atoms with Gasteiger partial charge in [-0.25, -0.2) is 4.99 Å². The highest BCUT2D eigenvalue weighted by Crippen LogP contribution is 2.20. The van der Waals surface area contributed by atoms with E-state index in [2.05, 4.69) is 10.3 Å². The lowest BCUT2D eigenvalue weighted by Crippen LogP contribution is -2.36. The molecule has 7 heteroatoms. The monoisotopic (exact) mass is 311 g/mol. The van der Waals surface area contributed by atoms with E-state index in [1.165, 1.54) is 11.8 Å². The normalized spacial score (nSPS) is 12.1. The average Bonchev–Trinajstić information content (AvgIpc) is 2.87. The first-order valence-electron chi connectivity index (χ1n) is 6.05. The van der Waals surface area contributed by atoms with Gasteiger partial charge in [0.05, 0.1) is 0 Å². The minimum atomic E-state index is -0.267. The van der Waals surface area contributed by atoms with Gasteiger partial charge in [0.15, 0.2) is 6.04 Å². The van der Waals surface area contributed by atoms with E-state index >= 15 is 0 Å². The molecule has 0 aliphatic heterocycles. The molecule has 5 nitrogen and oxygen atoms in total. The van der Waals surface area contributed by atoms with Crippen LogP contribution in [-0.4, -0.2) is 16.9 Å². The highest BCUT2D eigenvalue weighted by Gasteiger charge is 2.13. The summed E-state index contributed by atoms with van der Waals surface area (Å²) in [6, 6.07) is 7.46. The lowest BCUT2D eigenvalue weighted by molar-refractivity contribution is -0.779. The largest absolute Gasteiger partial charge is 0.861 e. The Kier molecular flexibility index (Phi) is 5.03. The Morgan fingerprint density at radius 1 is 1.45 bits per heavy atom. The van der Waals surface area contributed by atoms with E-state index in [0.717, 1.165) is 4.90 Å². The zero-order valence-corrected chi connectivity index (χ0v) is 12.7. The molecule has 0 aliphatic carbocycles. The van der Waals surface area contributed by atoms with E-state index in [-0.39, 0.29) is 23.6 Å². The molecule has 0 N–H and O–H groups in total. The van der Waals surface area contributed by atoms with Crippen LogP contribution in [0.2, 0.25) is 5.02 Å². The van der Waals surface area contributed by atoms with Crippen LogP contribution in [0.15, 0.2) is 44.9 Å². The van der Waals surface area contributed by atoms with Crippen molar-refractivity contribution < 1.29 is 14.3 Å². The van der Waals surface area contributed by atoms with Gasteiger partial charge in [0.1, 0.15) is 0 Å². The second-order valence-corrected chi connectivity index (χ2v) is 5.85. The number of thioether (sulfide) groups is 1. The SMILES string of the molecule is CC(C)[n+]1cc(/N=C(\[O-])CSc2ccc(Cl)cc2)on1.